The lowest BCUT2D eigenvalue weighted by Crippen LogP contribution is -2.27. The van der Waals surface area contributed by atoms with Gasteiger partial charge in [0.05, 0.1) is 11.6 Å². The topological polar surface area (TPSA) is 38.3 Å². The molecule has 0 aliphatic carbocycles. The van der Waals surface area contributed by atoms with Gasteiger partial charge in [0.15, 0.2) is 0 Å². The molecule has 0 radical (unpaired) electrons. The maximum absolute atomic E-state index is 12.5. The molecule has 22 heavy (non-hydrogen) atoms. The van der Waals surface area contributed by atoms with Crippen LogP contribution in [0.3, 0.4) is 0 Å². The van der Waals surface area contributed by atoms with E-state index in [1.807, 2.05) is 56.3 Å². The fourth-order valence-electron chi connectivity index (χ4n) is 2.08. The number of ether oxygens (including phenoxy) is 1. The lowest BCUT2D eigenvalue weighted by Gasteiger charge is -2.16. The van der Waals surface area contributed by atoms with Crippen LogP contribution < -0.4 is 10.1 Å². The Morgan fingerprint density at radius 3 is 2.45 bits per heavy atom. The minimum atomic E-state index is -0.145. The molecule has 1 N–H and O–H groups in total. The number of nitrogens with one attached hydrogen (secondary N) is 1. The number of rotatable bonds is 6. The van der Waals surface area contributed by atoms with Gasteiger partial charge in [0.2, 0.25) is 0 Å². The van der Waals surface area contributed by atoms with E-state index in [1.54, 1.807) is 12.1 Å². The van der Waals surface area contributed by atoms with Crippen molar-refractivity contribution in [3.63, 3.8) is 0 Å². The number of carbonyl (C=O) groups excluding carboxylic acids is 1. The van der Waals surface area contributed by atoms with E-state index in [0.29, 0.717) is 17.9 Å². The minimum Gasteiger partial charge on any atom is -0.488 e. The molecule has 0 aromatic heterocycles. The molecule has 0 fully saturated rings. The molecule has 1 amide bonds. The molecule has 1 unspecified atom stereocenters. The first-order valence-electron chi connectivity index (χ1n) is 7.30. The smallest absolute Gasteiger partial charge is 0.255 e. The van der Waals surface area contributed by atoms with Crippen molar-refractivity contribution < 1.29 is 9.53 Å². The van der Waals surface area contributed by atoms with E-state index >= 15 is 0 Å². The van der Waals surface area contributed by atoms with E-state index in [4.69, 9.17) is 4.74 Å². The Kier molecular flexibility index (Phi) is 5.37. The fraction of sp³-hybridized carbons (Fsp3) is 0.211. The summed E-state index contributed by atoms with van der Waals surface area (Å²) in [5.41, 5.74) is 2.51. The summed E-state index contributed by atoms with van der Waals surface area (Å²) < 4.78 is 5.65. The summed E-state index contributed by atoms with van der Waals surface area (Å²) >= 11 is 0. The van der Waals surface area contributed by atoms with E-state index in [0.717, 1.165) is 11.1 Å². The van der Waals surface area contributed by atoms with Gasteiger partial charge in [-0.1, -0.05) is 49.0 Å². The molecule has 2 rings (SSSR count). The second-order valence-corrected chi connectivity index (χ2v) is 5.35. The number of benzene rings is 2. The lowest BCUT2D eigenvalue weighted by molar-refractivity contribution is 0.0936. The first-order chi connectivity index (χ1) is 10.6. The Balaban J connectivity index is 2.11. The number of amides is 1. The van der Waals surface area contributed by atoms with Crippen LogP contribution in [0.25, 0.3) is 0 Å². The third-order valence-electron chi connectivity index (χ3n) is 3.25. The quantitative estimate of drug-likeness (QED) is 0.814. The van der Waals surface area contributed by atoms with Crippen molar-refractivity contribution in [1.29, 1.82) is 0 Å². The summed E-state index contributed by atoms with van der Waals surface area (Å²) in [5.74, 6) is 0.428. The highest BCUT2D eigenvalue weighted by atomic mass is 16.5. The Hall–Kier alpha value is -2.55. The molecule has 2 aromatic carbocycles. The van der Waals surface area contributed by atoms with Crippen LogP contribution in [-0.2, 0) is 0 Å². The summed E-state index contributed by atoms with van der Waals surface area (Å²) in [4.78, 5) is 12.5. The van der Waals surface area contributed by atoms with Gasteiger partial charge in [-0.2, -0.15) is 0 Å². The maximum atomic E-state index is 12.5. The van der Waals surface area contributed by atoms with Crippen molar-refractivity contribution in [2.45, 2.75) is 19.9 Å². The molecule has 0 spiro atoms. The van der Waals surface area contributed by atoms with Gasteiger partial charge in [0.25, 0.3) is 5.91 Å². The molecular weight excluding hydrogens is 274 g/mol. The van der Waals surface area contributed by atoms with Gasteiger partial charge in [-0.05, 0) is 37.1 Å². The highest BCUT2D eigenvalue weighted by Gasteiger charge is 2.15. The van der Waals surface area contributed by atoms with Crippen molar-refractivity contribution in [2.24, 2.45) is 0 Å². The van der Waals surface area contributed by atoms with Crippen molar-refractivity contribution in [1.82, 2.24) is 5.32 Å². The van der Waals surface area contributed by atoms with Gasteiger partial charge in [-0.15, -0.1) is 0 Å². The normalized spacial score (nSPS) is 11.5. The van der Waals surface area contributed by atoms with Gasteiger partial charge < -0.3 is 10.1 Å². The molecule has 114 valence electrons. The van der Waals surface area contributed by atoms with Crippen LogP contribution in [0.1, 0.15) is 35.8 Å². The summed E-state index contributed by atoms with van der Waals surface area (Å²) in [6.07, 6.45) is 0. The molecular formula is C19H21NO2. The third kappa shape index (κ3) is 4.22. The van der Waals surface area contributed by atoms with Crippen LogP contribution in [-0.4, -0.2) is 12.5 Å². The van der Waals surface area contributed by atoms with Crippen LogP contribution in [0.2, 0.25) is 0 Å². The average molecular weight is 295 g/mol. The highest BCUT2D eigenvalue weighted by Crippen LogP contribution is 2.20. The maximum Gasteiger partial charge on any atom is 0.255 e. The Labute approximate surface area is 131 Å². The van der Waals surface area contributed by atoms with Crippen LogP contribution in [0.15, 0.2) is 66.7 Å². The Bertz CT molecular complexity index is 649. The Morgan fingerprint density at radius 2 is 1.77 bits per heavy atom. The predicted octanol–water partition coefficient (Wildman–Crippen LogP) is 4.13. The summed E-state index contributed by atoms with van der Waals surface area (Å²) in [5, 5.41) is 3.00. The van der Waals surface area contributed by atoms with Crippen molar-refractivity contribution in [3.8, 4) is 5.75 Å². The second-order valence-electron chi connectivity index (χ2n) is 5.35. The molecule has 0 bridgehead atoms. The summed E-state index contributed by atoms with van der Waals surface area (Å²) in [6, 6.07) is 17.0. The average Bonchev–Trinajstić information content (AvgIpc) is 2.54. The van der Waals surface area contributed by atoms with Crippen LogP contribution in [0.5, 0.6) is 5.75 Å². The van der Waals surface area contributed by atoms with E-state index < -0.39 is 0 Å². The molecule has 3 heteroatoms. The van der Waals surface area contributed by atoms with Gasteiger partial charge >= 0.3 is 0 Å². The first kappa shape index (κ1) is 15.8. The zero-order chi connectivity index (χ0) is 15.9. The van der Waals surface area contributed by atoms with E-state index in [9.17, 15) is 4.79 Å². The standard InChI is InChI=1S/C19H21NO2/c1-14(2)13-22-18-12-8-7-11-17(18)19(21)20-15(3)16-9-5-4-6-10-16/h4-12,15H,1,13H2,2-3H3,(H,20,21). The molecule has 1 atom stereocenters. The zero-order valence-corrected chi connectivity index (χ0v) is 13.0. The third-order valence-corrected chi connectivity index (χ3v) is 3.25. The van der Waals surface area contributed by atoms with Gasteiger partial charge in [0.1, 0.15) is 12.4 Å². The predicted molar refractivity (Wildman–Crippen MR) is 89.1 cm³/mol. The largest absolute Gasteiger partial charge is 0.488 e. The molecule has 0 aliphatic rings. The van der Waals surface area contributed by atoms with Crippen LogP contribution >= 0.6 is 0 Å². The van der Waals surface area contributed by atoms with Crippen molar-refractivity contribution >= 4 is 5.91 Å². The van der Waals surface area contributed by atoms with Crippen molar-refractivity contribution in [3.05, 3.63) is 77.9 Å². The number of hydrogen-bond acceptors (Lipinski definition) is 2. The highest BCUT2D eigenvalue weighted by molar-refractivity contribution is 5.97. The van der Waals surface area contributed by atoms with Gasteiger partial charge in [-0.3, -0.25) is 4.79 Å². The van der Waals surface area contributed by atoms with Crippen LogP contribution in [0.4, 0.5) is 0 Å². The van der Waals surface area contributed by atoms with E-state index in [2.05, 4.69) is 11.9 Å². The fourth-order valence-corrected chi connectivity index (χ4v) is 2.08. The zero-order valence-electron chi connectivity index (χ0n) is 13.0. The molecule has 0 saturated heterocycles. The van der Waals surface area contributed by atoms with E-state index in [1.165, 1.54) is 0 Å². The SMILES string of the molecule is C=C(C)COc1ccccc1C(=O)NC(C)c1ccccc1. The molecule has 2 aromatic rings. The molecule has 3 nitrogen and oxygen atoms in total. The Morgan fingerprint density at radius 1 is 1.14 bits per heavy atom. The lowest BCUT2D eigenvalue weighted by atomic mass is 10.1. The molecule has 0 heterocycles. The summed E-state index contributed by atoms with van der Waals surface area (Å²) in [7, 11) is 0. The minimum absolute atomic E-state index is 0.0668. The van der Waals surface area contributed by atoms with Crippen molar-refractivity contribution in [2.75, 3.05) is 6.61 Å². The monoisotopic (exact) mass is 295 g/mol. The van der Waals surface area contributed by atoms with E-state index in [-0.39, 0.29) is 11.9 Å². The molecule has 0 saturated carbocycles. The summed E-state index contributed by atoms with van der Waals surface area (Å²) in [6.45, 7) is 8.06. The van der Waals surface area contributed by atoms with Gasteiger partial charge in [0, 0.05) is 0 Å². The first-order valence-corrected chi connectivity index (χ1v) is 7.30. The molecule has 0 aliphatic heterocycles. The number of para-hydroxylation sites is 1. The van der Waals surface area contributed by atoms with Crippen LogP contribution in [0, 0.1) is 0 Å². The number of carbonyl (C=O) groups is 1. The second kappa shape index (κ2) is 7.46. The van der Waals surface area contributed by atoms with Gasteiger partial charge in [-0.25, -0.2) is 0 Å². The number of hydrogen-bond donors (Lipinski definition) is 1.